The van der Waals surface area contributed by atoms with Crippen LogP contribution in [0, 0.1) is 5.92 Å². The van der Waals surface area contributed by atoms with Gasteiger partial charge in [0.1, 0.15) is 4.90 Å². The van der Waals surface area contributed by atoms with Crippen molar-refractivity contribution in [3.05, 3.63) is 24.3 Å². The first-order chi connectivity index (χ1) is 10.1. The van der Waals surface area contributed by atoms with E-state index in [0.717, 1.165) is 19.1 Å². The molecule has 0 amide bonds. The van der Waals surface area contributed by atoms with Gasteiger partial charge in [-0.3, -0.25) is 0 Å². The molecular formula is C14H22N2O4S2. The standard InChI is InChI=1S/C14H22N2O4S2/c1-11(15)12-6-5-9-16(10-12)22(19,20)14-8-4-3-7-13(14)21(2,17)18/h3-4,7-8,11-12H,5-6,9-10,15H2,1-2H3/t11-,12+/m0/s1. The Morgan fingerprint density at radius 3 is 2.32 bits per heavy atom. The van der Waals surface area contributed by atoms with Gasteiger partial charge in [-0.25, -0.2) is 16.8 Å². The molecule has 0 saturated carbocycles. The van der Waals surface area contributed by atoms with Crippen molar-refractivity contribution in [3.63, 3.8) is 0 Å². The van der Waals surface area contributed by atoms with Crippen LogP contribution in [0.5, 0.6) is 0 Å². The van der Waals surface area contributed by atoms with Crippen LogP contribution < -0.4 is 5.73 Å². The van der Waals surface area contributed by atoms with Gasteiger partial charge < -0.3 is 5.73 Å². The quantitative estimate of drug-likeness (QED) is 0.871. The molecule has 0 unspecified atom stereocenters. The average Bonchev–Trinajstić information content (AvgIpc) is 2.46. The van der Waals surface area contributed by atoms with Crippen LogP contribution in [0.25, 0.3) is 0 Å². The molecule has 1 fully saturated rings. The van der Waals surface area contributed by atoms with Crippen LogP contribution in [0.3, 0.4) is 0 Å². The second-order valence-corrected chi connectivity index (χ2v) is 9.73. The minimum absolute atomic E-state index is 0.0916. The lowest BCUT2D eigenvalue weighted by molar-refractivity contribution is 0.243. The molecule has 0 aliphatic carbocycles. The Kier molecular flexibility index (Phi) is 4.96. The minimum atomic E-state index is -3.84. The van der Waals surface area contributed by atoms with Gasteiger partial charge in [-0.1, -0.05) is 12.1 Å². The molecule has 1 saturated heterocycles. The molecule has 1 aromatic carbocycles. The Bertz CT molecular complexity index is 742. The molecule has 0 radical (unpaired) electrons. The van der Waals surface area contributed by atoms with Gasteiger partial charge in [0.15, 0.2) is 9.84 Å². The maximum atomic E-state index is 12.8. The van der Waals surface area contributed by atoms with Gasteiger partial charge in [0.2, 0.25) is 10.0 Å². The topological polar surface area (TPSA) is 97.5 Å². The van der Waals surface area contributed by atoms with E-state index in [9.17, 15) is 16.8 Å². The predicted octanol–water partition coefficient (Wildman–Crippen LogP) is 0.838. The van der Waals surface area contributed by atoms with E-state index in [0.29, 0.717) is 13.1 Å². The van der Waals surface area contributed by atoms with E-state index < -0.39 is 19.9 Å². The largest absolute Gasteiger partial charge is 0.328 e. The molecule has 0 aromatic heterocycles. The molecule has 1 heterocycles. The van der Waals surface area contributed by atoms with Crippen LogP contribution in [0.4, 0.5) is 0 Å². The van der Waals surface area contributed by atoms with Crippen molar-refractivity contribution >= 4 is 19.9 Å². The third-order valence-electron chi connectivity index (χ3n) is 4.03. The van der Waals surface area contributed by atoms with Crippen molar-refractivity contribution in [2.45, 2.75) is 35.6 Å². The van der Waals surface area contributed by atoms with E-state index in [4.69, 9.17) is 5.73 Å². The van der Waals surface area contributed by atoms with Gasteiger partial charge >= 0.3 is 0 Å². The summed E-state index contributed by atoms with van der Waals surface area (Å²) in [6.07, 6.45) is 2.63. The molecule has 6 nitrogen and oxygen atoms in total. The highest BCUT2D eigenvalue weighted by molar-refractivity contribution is 7.93. The lowest BCUT2D eigenvalue weighted by Gasteiger charge is -2.34. The molecule has 2 N–H and O–H groups in total. The SMILES string of the molecule is C[C@H](N)[C@@H]1CCCN(S(=O)(=O)c2ccccc2S(C)(=O)=O)C1. The van der Waals surface area contributed by atoms with Gasteiger partial charge in [-0.15, -0.1) is 0 Å². The van der Waals surface area contributed by atoms with Crippen LogP contribution in [-0.4, -0.2) is 46.5 Å². The summed E-state index contributed by atoms with van der Waals surface area (Å²) >= 11 is 0. The van der Waals surface area contributed by atoms with E-state index in [-0.39, 0.29) is 21.8 Å². The second-order valence-electron chi connectivity index (χ2n) is 5.84. The average molecular weight is 346 g/mol. The number of rotatable bonds is 4. The van der Waals surface area contributed by atoms with Gasteiger partial charge in [-0.05, 0) is 37.8 Å². The summed E-state index contributed by atoms with van der Waals surface area (Å²) in [4.78, 5) is -0.305. The summed E-state index contributed by atoms with van der Waals surface area (Å²) in [6.45, 7) is 2.59. The zero-order valence-electron chi connectivity index (χ0n) is 12.8. The summed E-state index contributed by atoms with van der Waals surface area (Å²) < 4.78 is 50.7. The first-order valence-corrected chi connectivity index (χ1v) is 10.5. The highest BCUT2D eigenvalue weighted by atomic mass is 32.2. The van der Waals surface area contributed by atoms with Crippen molar-refractivity contribution in [2.75, 3.05) is 19.3 Å². The number of piperidine rings is 1. The molecule has 1 aliphatic rings. The van der Waals surface area contributed by atoms with Gasteiger partial charge in [0.25, 0.3) is 0 Å². The summed E-state index contributed by atoms with van der Waals surface area (Å²) in [5, 5.41) is 0. The molecule has 8 heteroatoms. The molecule has 22 heavy (non-hydrogen) atoms. The lowest BCUT2D eigenvalue weighted by Crippen LogP contribution is -2.45. The van der Waals surface area contributed by atoms with Crippen LogP contribution in [0.1, 0.15) is 19.8 Å². The number of nitrogens with zero attached hydrogens (tertiary/aromatic N) is 1. The van der Waals surface area contributed by atoms with Gasteiger partial charge in [0.05, 0.1) is 4.90 Å². The van der Waals surface area contributed by atoms with E-state index in [1.54, 1.807) is 0 Å². The van der Waals surface area contributed by atoms with Crippen LogP contribution in [0.2, 0.25) is 0 Å². The Labute approximate surface area is 132 Å². The van der Waals surface area contributed by atoms with Gasteiger partial charge in [0, 0.05) is 25.4 Å². The van der Waals surface area contributed by atoms with Crippen LogP contribution >= 0.6 is 0 Å². The Hall–Kier alpha value is -0.960. The highest BCUT2D eigenvalue weighted by Gasteiger charge is 2.34. The predicted molar refractivity (Wildman–Crippen MR) is 84.7 cm³/mol. The number of hydrogen-bond donors (Lipinski definition) is 1. The van der Waals surface area contributed by atoms with Crippen molar-refractivity contribution < 1.29 is 16.8 Å². The van der Waals surface area contributed by atoms with Crippen molar-refractivity contribution in [3.8, 4) is 0 Å². The monoisotopic (exact) mass is 346 g/mol. The third-order valence-corrected chi connectivity index (χ3v) is 7.24. The maximum Gasteiger partial charge on any atom is 0.244 e. The Morgan fingerprint density at radius 2 is 1.77 bits per heavy atom. The van der Waals surface area contributed by atoms with Crippen molar-refractivity contribution in [2.24, 2.45) is 11.7 Å². The molecule has 124 valence electrons. The summed E-state index contributed by atoms with van der Waals surface area (Å²) in [5.74, 6) is 0.0916. The minimum Gasteiger partial charge on any atom is -0.328 e. The van der Waals surface area contributed by atoms with Crippen LogP contribution in [0.15, 0.2) is 34.1 Å². The second kappa shape index (κ2) is 6.27. The zero-order chi connectivity index (χ0) is 16.5. The normalized spacial score (nSPS) is 22.4. The van der Waals surface area contributed by atoms with E-state index in [1.165, 1.54) is 28.6 Å². The number of hydrogen-bond acceptors (Lipinski definition) is 5. The van der Waals surface area contributed by atoms with E-state index in [2.05, 4.69) is 0 Å². The molecule has 1 aliphatic heterocycles. The molecule has 2 rings (SSSR count). The molecule has 2 atom stereocenters. The molecule has 1 aromatic rings. The maximum absolute atomic E-state index is 12.8. The lowest BCUT2D eigenvalue weighted by atomic mass is 9.93. The molecule has 0 spiro atoms. The first kappa shape index (κ1) is 17.4. The Morgan fingerprint density at radius 1 is 1.18 bits per heavy atom. The number of nitrogens with two attached hydrogens (primary N) is 1. The molecule has 0 bridgehead atoms. The fourth-order valence-corrected chi connectivity index (χ4v) is 5.87. The van der Waals surface area contributed by atoms with Gasteiger partial charge in [-0.2, -0.15) is 4.31 Å². The van der Waals surface area contributed by atoms with Crippen molar-refractivity contribution in [1.29, 1.82) is 0 Å². The zero-order valence-corrected chi connectivity index (χ0v) is 14.4. The third kappa shape index (κ3) is 3.51. The van der Waals surface area contributed by atoms with E-state index in [1.807, 2.05) is 6.92 Å². The number of sulfone groups is 1. The summed E-state index contributed by atoms with van der Waals surface area (Å²) in [5.41, 5.74) is 5.89. The smallest absolute Gasteiger partial charge is 0.244 e. The summed E-state index contributed by atoms with van der Waals surface area (Å²) in [7, 11) is -7.46. The van der Waals surface area contributed by atoms with Crippen LogP contribution in [-0.2, 0) is 19.9 Å². The summed E-state index contributed by atoms with van der Waals surface area (Å²) in [6, 6.07) is 5.64. The fraction of sp³-hybridized carbons (Fsp3) is 0.571. The number of sulfonamides is 1. The first-order valence-electron chi connectivity index (χ1n) is 7.19. The highest BCUT2D eigenvalue weighted by Crippen LogP contribution is 2.28. The number of benzene rings is 1. The molecular weight excluding hydrogens is 324 g/mol. The van der Waals surface area contributed by atoms with Crippen molar-refractivity contribution in [1.82, 2.24) is 4.31 Å². The Balaban J connectivity index is 2.44. The van der Waals surface area contributed by atoms with E-state index >= 15 is 0 Å². The fourth-order valence-electron chi connectivity index (χ4n) is 2.73.